The fraction of sp³-hybridized carbons (Fsp3) is 0. The average molecular weight is 492 g/mol. The van der Waals surface area contributed by atoms with Gasteiger partial charge in [-0.25, -0.2) is 4.98 Å². The van der Waals surface area contributed by atoms with E-state index in [1.165, 1.54) is 36.9 Å². The van der Waals surface area contributed by atoms with E-state index in [-0.39, 0.29) is 0 Å². The second kappa shape index (κ2) is 9.08. The Morgan fingerprint density at radius 2 is 0.946 bits per heavy atom. The van der Waals surface area contributed by atoms with Gasteiger partial charge in [-0.05, 0) is 58.7 Å². The lowest BCUT2D eigenvalue weighted by molar-refractivity contribution is 1.27. The maximum atomic E-state index is 5.02. The lowest BCUT2D eigenvalue weighted by Crippen LogP contribution is -1.91. The molecule has 0 spiro atoms. The van der Waals surface area contributed by atoms with Crippen LogP contribution in [0.2, 0.25) is 0 Å². The number of aromatic nitrogens is 3. The highest BCUT2D eigenvalue weighted by molar-refractivity contribution is 7.26. The highest BCUT2D eigenvalue weighted by atomic mass is 32.1. The lowest BCUT2D eigenvalue weighted by atomic mass is 9.98. The van der Waals surface area contributed by atoms with Crippen LogP contribution in [0, 0.1) is 0 Å². The molecular formula is C33H21N3S. The summed E-state index contributed by atoms with van der Waals surface area (Å²) in [5.41, 5.74) is 8.81. The number of thiophene rings is 1. The summed E-state index contributed by atoms with van der Waals surface area (Å²) >= 11 is 1.87. The van der Waals surface area contributed by atoms with Gasteiger partial charge < -0.3 is 0 Å². The Hall–Kier alpha value is -4.67. The maximum absolute atomic E-state index is 5.02. The molecule has 0 atom stereocenters. The molecule has 0 N–H and O–H groups in total. The largest absolute Gasteiger partial charge is 0.265 e. The van der Waals surface area contributed by atoms with Gasteiger partial charge in [0, 0.05) is 56.1 Å². The van der Waals surface area contributed by atoms with Crippen LogP contribution < -0.4 is 0 Å². The molecule has 4 aromatic heterocycles. The van der Waals surface area contributed by atoms with Crippen LogP contribution in [-0.4, -0.2) is 15.0 Å². The first kappa shape index (κ1) is 21.6. The molecule has 0 amide bonds. The van der Waals surface area contributed by atoms with Gasteiger partial charge in [-0.15, -0.1) is 11.3 Å². The minimum absolute atomic E-state index is 0.926. The second-order valence-corrected chi connectivity index (χ2v) is 9.95. The summed E-state index contributed by atoms with van der Waals surface area (Å²) in [6, 6.07) is 36.3. The van der Waals surface area contributed by atoms with E-state index in [1.54, 1.807) is 0 Å². The smallest absolute Gasteiger partial charge is 0.0716 e. The maximum Gasteiger partial charge on any atom is 0.0716 e. The predicted molar refractivity (Wildman–Crippen MR) is 154 cm³/mol. The first-order valence-electron chi connectivity index (χ1n) is 12.2. The lowest BCUT2D eigenvalue weighted by Gasteiger charge is -2.11. The van der Waals surface area contributed by atoms with Crippen LogP contribution in [-0.2, 0) is 0 Å². The molecule has 0 aliphatic rings. The molecule has 4 heteroatoms. The van der Waals surface area contributed by atoms with Crippen LogP contribution >= 0.6 is 11.3 Å². The van der Waals surface area contributed by atoms with Crippen molar-refractivity contribution in [2.45, 2.75) is 0 Å². The summed E-state index contributed by atoms with van der Waals surface area (Å²) in [4.78, 5) is 13.4. The van der Waals surface area contributed by atoms with Crippen molar-refractivity contribution in [1.29, 1.82) is 0 Å². The third-order valence-corrected chi connectivity index (χ3v) is 7.99. The number of hydrogen-bond acceptors (Lipinski definition) is 4. The van der Waals surface area contributed by atoms with E-state index >= 15 is 0 Å². The Balaban J connectivity index is 1.49. The number of rotatable bonds is 4. The van der Waals surface area contributed by atoms with Crippen LogP contribution in [0.4, 0.5) is 0 Å². The molecule has 37 heavy (non-hydrogen) atoms. The van der Waals surface area contributed by atoms with Crippen LogP contribution in [0.5, 0.6) is 0 Å². The Kier molecular flexibility index (Phi) is 5.30. The van der Waals surface area contributed by atoms with Gasteiger partial charge in [-0.2, -0.15) is 0 Å². The Morgan fingerprint density at radius 1 is 0.432 bits per heavy atom. The van der Waals surface area contributed by atoms with Gasteiger partial charge in [0.25, 0.3) is 0 Å². The summed E-state index contributed by atoms with van der Waals surface area (Å²) < 4.78 is 2.60. The van der Waals surface area contributed by atoms with Crippen molar-refractivity contribution in [3.8, 4) is 44.8 Å². The van der Waals surface area contributed by atoms with E-state index in [2.05, 4.69) is 88.8 Å². The molecule has 0 bridgehead atoms. The summed E-state index contributed by atoms with van der Waals surface area (Å²) in [6.45, 7) is 0. The normalized spacial score (nSPS) is 11.2. The number of pyridine rings is 3. The highest BCUT2D eigenvalue weighted by Crippen LogP contribution is 2.44. The third kappa shape index (κ3) is 3.88. The van der Waals surface area contributed by atoms with Crippen molar-refractivity contribution in [3.63, 3.8) is 0 Å². The standard InChI is InChI=1S/C33H21N3S/c1-2-6-22(7-3-1)26-8-4-10-28-29-11-5-9-27(33(29)37-32(26)28)25-20-30(23-12-16-34-17-13-23)36-31(21-25)24-14-18-35-19-15-24/h1-21H. The summed E-state index contributed by atoms with van der Waals surface area (Å²) in [7, 11) is 0. The van der Waals surface area contributed by atoms with E-state index in [0.717, 1.165) is 28.1 Å². The monoisotopic (exact) mass is 491 g/mol. The zero-order valence-electron chi connectivity index (χ0n) is 19.9. The Bertz CT molecular complexity index is 1800. The molecular weight excluding hydrogens is 470 g/mol. The molecule has 3 aromatic carbocycles. The number of fused-ring (bicyclic) bond motifs is 3. The van der Waals surface area contributed by atoms with Crippen molar-refractivity contribution in [3.05, 3.63) is 128 Å². The quantitative estimate of drug-likeness (QED) is 0.247. The molecule has 174 valence electrons. The molecule has 7 rings (SSSR count). The molecule has 3 nitrogen and oxygen atoms in total. The molecule has 0 saturated carbocycles. The molecule has 0 unspecified atom stereocenters. The van der Waals surface area contributed by atoms with E-state index in [9.17, 15) is 0 Å². The van der Waals surface area contributed by atoms with Crippen LogP contribution in [0.15, 0.2) is 128 Å². The van der Waals surface area contributed by atoms with Crippen molar-refractivity contribution in [2.75, 3.05) is 0 Å². The van der Waals surface area contributed by atoms with Crippen molar-refractivity contribution in [1.82, 2.24) is 15.0 Å². The summed E-state index contributed by atoms with van der Waals surface area (Å²) in [5.74, 6) is 0. The molecule has 7 aromatic rings. The predicted octanol–water partition coefficient (Wildman–Crippen LogP) is 8.91. The van der Waals surface area contributed by atoms with Crippen LogP contribution in [0.3, 0.4) is 0 Å². The molecule has 0 radical (unpaired) electrons. The minimum Gasteiger partial charge on any atom is -0.265 e. The molecule has 4 heterocycles. The molecule has 0 aliphatic carbocycles. The fourth-order valence-electron chi connectivity index (χ4n) is 4.92. The van der Waals surface area contributed by atoms with Crippen molar-refractivity contribution >= 4 is 31.5 Å². The van der Waals surface area contributed by atoms with Gasteiger partial charge in [0.1, 0.15) is 0 Å². The Morgan fingerprint density at radius 3 is 1.49 bits per heavy atom. The first-order chi connectivity index (χ1) is 18.3. The second-order valence-electron chi connectivity index (χ2n) is 8.93. The van der Waals surface area contributed by atoms with Crippen molar-refractivity contribution in [2.24, 2.45) is 0 Å². The summed E-state index contributed by atoms with van der Waals surface area (Å²) in [5, 5.41) is 2.57. The van der Waals surface area contributed by atoms with Crippen molar-refractivity contribution < 1.29 is 0 Å². The average Bonchev–Trinajstić information content (AvgIpc) is 3.37. The van der Waals surface area contributed by atoms with E-state index < -0.39 is 0 Å². The van der Waals surface area contributed by atoms with Crippen LogP contribution in [0.1, 0.15) is 0 Å². The van der Waals surface area contributed by atoms with Gasteiger partial charge in [-0.1, -0.05) is 66.7 Å². The molecule has 0 saturated heterocycles. The van der Waals surface area contributed by atoms with Gasteiger partial charge >= 0.3 is 0 Å². The highest BCUT2D eigenvalue weighted by Gasteiger charge is 2.15. The van der Waals surface area contributed by atoms with Gasteiger partial charge in [0.15, 0.2) is 0 Å². The SMILES string of the molecule is c1ccc(-c2cccc3c2sc2c(-c4cc(-c5ccncc5)nc(-c5ccncc5)c4)cccc23)cc1. The zero-order chi connectivity index (χ0) is 24.6. The first-order valence-corrected chi connectivity index (χ1v) is 13.0. The van der Waals surface area contributed by atoms with Crippen LogP contribution in [0.25, 0.3) is 64.9 Å². The Labute approximate surface area is 218 Å². The molecule has 0 aliphatic heterocycles. The zero-order valence-corrected chi connectivity index (χ0v) is 20.7. The van der Waals surface area contributed by atoms with E-state index in [1.807, 2.05) is 60.4 Å². The number of benzene rings is 3. The van der Waals surface area contributed by atoms with E-state index in [0.29, 0.717) is 0 Å². The topological polar surface area (TPSA) is 38.7 Å². The van der Waals surface area contributed by atoms with Gasteiger partial charge in [-0.3, -0.25) is 9.97 Å². The fourth-order valence-corrected chi connectivity index (χ4v) is 6.29. The third-order valence-electron chi connectivity index (χ3n) is 6.70. The van der Waals surface area contributed by atoms with Gasteiger partial charge in [0.2, 0.25) is 0 Å². The number of nitrogens with zero attached hydrogens (tertiary/aromatic N) is 3. The minimum atomic E-state index is 0.926. The number of hydrogen-bond donors (Lipinski definition) is 0. The van der Waals surface area contributed by atoms with Gasteiger partial charge in [0.05, 0.1) is 11.4 Å². The van der Waals surface area contributed by atoms with E-state index in [4.69, 9.17) is 4.98 Å². The molecule has 0 fully saturated rings. The summed E-state index contributed by atoms with van der Waals surface area (Å²) in [6.07, 6.45) is 7.25.